The average Bonchev–Trinajstić information content (AvgIpc) is 3.05. The molecule has 2 N–H and O–H groups in total. The average molecular weight is 398 g/mol. The fourth-order valence-corrected chi connectivity index (χ4v) is 3.33. The van der Waals surface area contributed by atoms with Crippen LogP contribution >= 0.6 is 0 Å². The van der Waals surface area contributed by atoms with Crippen LogP contribution in [0.1, 0.15) is 33.9 Å². The molecule has 0 saturated carbocycles. The van der Waals surface area contributed by atoms with Crippen molar-refractivity contribution in [3.05, 3.63) is 56.1 Å². The number of aromatic nitrogens is 5. The van der Waals surface area contributed by atoms with E-state index in [-0.39, 0.29) is 11.5 Å². The fourth-order valence-electron chi connectivity index (χ4n) is 3.33. The Morgan fingerprint density at radius 3 is 1.90 bits per heavy atom. The molecule has 29 heavy (non-hydrogen) atoms. The molecular formula is C19H26N8O2. The molecule has 3 aromatic heterocycles. The van der Waals surface area contributed by atoms with Crippen LogP contribution in [0.15, 0.2) is 12.1 Å². The van der Waals surface area contributed by atoms with E-state index in [2.05, 4.69) is 25.8 Å². The Balaban J connectivity index is 1.81. The van der Waals surface area contributed by atoms with Crippen LogP contribution in [0.3, 0.4) is 0 Å². The number of pyridine rings is 1. The van der Waals surface area contributed by atoms with Gasteiger partial charge in [-0.3, -0.25) is 19.5 Å². The Hall–Kier alpha value is -3.43. The topological polar surface area (TPSA) is 116 Å². The summed E-state index contributed by atoms with van der Waals surface area (Å²) in [5.41, 5.74) is 5.93. The molecule has 0 aromatic carbocycles. The second-order valence-corrected chi connectivity index (χ2v) is 7.07. The first-order valence-electron chi connectivity index (χ1n) is 9.30. The van der Waals surface area contributed by atoms with Crippen LogP contribution in [0.2, 0.25) is 0 Å². The third-order valence-electron chi connectivity index (χ3n) is 5.27. The third-order valence-corrected chi connectivity index (χ3v) is 5.27. The molecule has 0 aliphatic rings. The molecule has 0 amide bonds. The molecule has 3 aromatic rings. The van der Waals surface area contributed by atoms with Crippen LogP contribution in [0.25, 0.3) is 0 Å². The summed E-state index contributed by atoms with van der Waals surface area (Å²) in [4.78, 5) is 15.4. The summed E-state index contributed by atoms with van der Waals surface area (Å²) < 4.78 is 3.63. The van der Waals surface area contributed by atoms with E-state index in [9.17, 15) is 10.1 Å². The normalized spacial score (nSPS) is 11.0. The molecule has 0 unspecified atom stereocenters. The lowest BCUT2D eigenvalue weighted by molar-refractivity contribution is -0.384. The molecular weight excluding hydrogens is 372 g/mol. The molecule has 0 bridgehead atoms. The van der Waals surface area contributed by atoms with Crippen LogP contribution < -0.4 is 10.6 Å². The zero-order valence-electron chi connectivity index (χ0n) is 17.6. The van der Waals surface area contributed by atoms with Gasteiger partial charge in [0.15, 0.2) is 0 Å². The van der Waals surface area contributed by atoms with Gasteiger partial charge >= 0.3 is 5.69 Å². The molecule has 0 saturated heterocycles. The number of aryl methyl sites for hydroxylation is 4. The smallest absolute Gasteiger partial charge is 0.311 e. The summed E-state index contributed by atoms with van der Waals surface area (Å²) in [5.74, 6) is 0.780. The van der Waals surface area contributed by atoms with Gasteiger partial charge in [0.05, 0.1) is 16.3 Å². The Morgan fingerprint density at radius 2 is 1.45 bits per heavy atom. The highest BCUT2D eigenvalue weighted by molar-refractivity contribution is 5.60. The fraction of sp³-hybridized carbons (Fsp3) is 0.421. The van der Waals surface area contributed by atoms with Crippen molar-refractivity contribution in [3.8, 4) is 0 Å². The molecule has 0 spiro atoms. The van der Waals surface area contributed by atoms with Crippen LogP contribution in [0.5, 0.6) is 0 Å². The Morgan fingerprint density at radius 1 is 0.931 bits per heavy atom. The molecule has 0 fully saturated rings. The Kier molecular flexibility index (Phi) is 5.53. The highest BCUT2D eigenvalue weighted by Crippen LogP contribution is 2.26. The minimum absolute atomic E-state index is 0.0662. The van der Waals surface area contributed by atoms with E-state index in [1.807, 2.05) is 46.5 Å². The first-order chi connectivity index (χ1) is 13.7. The van der Waals surface area contributed by atoms with Gasteiger partial charge in [-0.05, 0) is 33.8 Å². The van der Waals surface area contributed by atoms with Crippen molar-refractivity contribution in [2.75, 3.05) is 10.6 Å². The van der Waals surface area contributed by atoms with Gasteiger partial charge in [0, 0.05) is 55.8 Å². The molecule has 3 rings (SSSR count). The zero-order chi connectivity index (χ0) is 21.3. The third kappa shape index (κ3) is 4.05. The summed E-state index contributed by atoms with van der Waals surface area (Å²) in [6.07, 6.45) is 0. The summed E-state index contributed by atoms with van der Waals surface area (Å²) in [6.45, 7) is 8.79. The number of rotatable bonds is 7. The lowest BCUT2D eigenvalue weighted by Crippen LogP contribution is -2.09. The lowest BCUT2D eigenvalue weighted by Gasteiger charge is -2.10. The largest absolute Gasteiger partial charge is 0.366 e. The van der Waals surface area contributed by atoms with Crippen LogP contribution in [-0.4, -0.2) is 29.5 Å². The summed E-state index contributed by atoms with van der Waals surface area (Å²) in [7, 11) is 3.78. The van der Waals surface area contributed by atoms with E-state index in [0.29, 0.717) is 18.9 Å². The number of nitrogens with zero attached hydrogens (tertiary/aromatic N) is 6. The second-order valence-electron chi connectivity index (χ2n) is 7.07. The van der Waals surface area contributed by atoms with Crippen LogP contribution in [-0.2, 0) is 27.2 Å². The van der Waals surface area contributed by atoms with Gasteiger partial charge < -0.3 is 10.6 Å². The first kappa shape index (κ1) is 20.3. The quantitative estimate of drug-likeness (QED) is 0.464. The molecule has 154 valence electrons. The SMILES string of the molecule is Cc1nn(C)c(C)c1CNc1ccc([N+](=O)[O-])c(NCc2c(C)nn(C)c2C)n1. The number of nitrogens with one attached hydrogen (secondary N) is 2. The molecule has 10 heteroatoms. The van der Waals surface area contributed by atoms with Crippen molar-refractivity contribution in [1.29, 1.82) is 0 Å². The van der Waals surface area contributed by atoms with Gasteiger partial charge in [-0.25, -0.2) is 4.98 Å². The van der Waals surface area contributed by atoms with Gasteiger partial charge in [0.25, 0.3) is 0 Å². The van der Waals surface area contributed by atoms with Gasteiger partial charge in [0.1, 0.15) is 5.82 Å². The van der Waals surface area contributed by atoms with E-state index in [1.54, 1.807) is 10.7 Å². The standard InChI is InChI=1S/C19H26N8O2/c1-11-15(13(3)25(5)23-11)9-20-18-8-7-17(27(28)29)19(22-18)21-10-16-12(2)24-26(6)14(16)4/h7-8H,9-10H2,1-6H3,(H2,20,21,22). The van der Waals surface area contributed by atoms with Crippen molar-refractivity contribution in [3.63, 3.8) is 0 Å². The Labute approximate surface area is 169 Å². The maximum absolute atomic E-state index is 11.4. The number of hydrogen-bond donors (Lipinski definition) is 2. The van der Waals surface area contributed by atoms with E-state index < -0.39 is 4.92 Å². The molecule has 10 nitrogen and oxygen atoms in total. The van der Waals surface area contributed by atoms with Gasteiger partial charge in [-0.15, -0.1) is 0 Å². The van der Waals surface area contributed by atoms with E-state index in [0.717, 1.165) is 33.9 Å². The van der Waals surface area contributed by atoms with Gasteiger partial charge in [-0.1, -0.05) is 0 Å². The molecule has 3 heterocycles. The summed E-state index contributed by atoms with van der Waals surface area (Å²) in [6, 6.07) is 3.08. The number of hydrogen-bond acceptors (Lipinski definition) is 7. The van der Waals surface area contributed by atoms with Crippen molar-refractivity contribution in [1.82, 2.24) is 24.5 Å². The predicted octanol–water partition coefficient (Wildman–Crippen LogP) is 2.91. The van der Waals surface area contributed by atoms with Gasteiger partial charge in [0.2, 0.25) is 5.82 Å². The van der Waals surface area contributed by atoms with E-state index in [1.165, 1.54) is 6.07 Å². The van der Waals surface area contributed by atoms with Crippen LogP contribution in [0.4, 0.5) is 17.3 Å². The molecule has 0 aliphatic heterocycles. The maximum atomic E-state index is 11.4. The zero-order valence-corrected chi connectivity index (χ0v) is 17.6. The minimum Gasteiger partial charge on any atom is -0.366 e. The van der Waals surface area contributed by atoms with Gasteiger partial charge in [-0.2, -0.15) is 10.2 Å². The van der Waals surface area contributed by atoms with E-state index in [4.69, 9.17) is 0 Å². The summed E-state index contributed by atoms with van der Waals surface area (Å²) >= 11 is 0. The van der Waals surface area contributed by atoms with Crippen molar-refractivity contribution >= 4 is 17.3 Å². The summed E-state index contributed by atoms with van der Waals surface area (Å²) in [5, 5.41) is 26.6. The molecule has 0 atom stereocenters. The highest BCUT2D eigenvalue weighted by Gasteiger charge is 2.18. The molecule has 0 radical (unpaired) electrons. The lowest BCUT2D eigenvalue weighted by atomic mass is 10.2. The highest BCUT2D eigenvalue weighted by atomic mass is 16.6. The molecule has 0 aliphatic carbocycles. The number of nitro groups is 1. The van der Waals surface area contributed by atoms with Crippen molar-refractivity contribution < 1.29 is 4.92 Å². The van der Waals surface area contributed by atoms with Crippen molar-refractivity contribution in [2.24, 2.45) is 14.1 Å². The predicted molar refractivity (Wildman–Crippen MR) is 111 cm³/mol. The minimum atomic E-state index is -0.433. The second kappa shape index (κ2) is 7.90. The Bertz CT molecular complexity index is 1070. The van der Waals surface area contributed by atoms with Crippen molar-refractivity contribution in [2.45, 2.75) is 40.8 Å². The van der Waals surface area contributed by atoms with E-state index >= 15 is 0 Å². The number of anilines is 2. The maximum Gasteiger partial charge on any atom is 0.311 e. The first-order valence-corrected chi connectivity index (χ1v) is 9.30. The monoisotopic (exact) mass is 398 g/mol. The van der Waals surface area contributed by atoms with Crippen LogP contribution in [0, 0.1) is 37.8 Å².